The van der Waals surface area contributed by atoms with E-state index in [1.807, 2.05) is 50.2 Å². The van der Waals surface area contributed by atoms with Crippen LogP contribution in [0.4, 0.5) is 11.6 Å². The summed E-state index contributed by atoms with van der Waals surface area (Å²) in [5.41, 5.74) is 3.96. The smallest absolute Gasteiger partial charge is 0.255 e. The minimum Gasteiger partial charge on any atom is -0.328 e. The summed E-state index contributed by atoms with van der Waals surface area (Å²) in [6.07, 6.45) is 1.48. The zero-order valence-corrected chi connectivity index (χ0v) is 15.7. The zero-order valence-electron chi connectivity index (χ0n) is 14.9. The molecule has 2 aromatic carbocycles. The molecule has 1 amide bonds. The van der Waals surface area contributed by atoms with E-state index in [1.54, 1.807) is 16.8 Å². The number of carbonyl (C=O) groups is 1. The van der Waals surface area contributed by atoms with E-state index in [2.05, 4.69) is 20.7 Å². The van der Waals surface area contributed by atoms with Crippen molar-refractivity contribution in [1.82, 2.24) is 14.8 Å². The van der Waals surface area contributed by atoms with Crippen LogP contribution in [-0.2, 0) is 4.79 Å². The summed E-state index contributed by atoms with van der Waals surface area (Å²) in [7, 11) is 0. The topological polar surface area (TPSA) is 71.8 Å². The molecular formula is C20H18ClN5O. The number of halogens is 1. The van der Waals surface area contributed by atoms with E-state index >= 15 is 0 Å². The highest BCUT2D eigenvalue weighted by Gasteiger charge is 2.33. The lowest BCUT2D eigenvalue weighted by molar-refractivity contribution is -0.113. The van der Waals surface area contributed by atoms with Gasteiger partial charge in [0.1, 0.15) is 12.4 Å². The van der Waals surface area contributed by atoms with Gasteiger partial charge in [-0.15, -0.1) is 0 Å². The van der Waals surface area contributed by atoms with Crippen LogP contribution in [0.25, 0.3) is 0 Å². The third-order valence-corrected chi connectivity index (χ3v) is 4.88. The number of carbonyl (C=O) groups excluding carboxylic acids is 1. The molecule has 2 heterocycles. The summed E-state index contributed by atoms with van der Waals surface area (Å²) < 4.78 is 1.72. The number of aromatic nitrogens is 3. The summed E-state index contributed by atoms with van der Waals surface area (Å²) in [6, 6.07) is 14.8. The van der Waals surface area contributed by atoms with Crippen LogP contribution in [0.3, 0.4) is 0 Å². The maximum atomic E-state index is 13.2. The van der Waals surface area contributed by atoms with E-state index in [0.717, 1.165) is 16.8 Å². The molecule has 0 unspecified atom stereocenters. The van der Waals surface area contributed by atoms with Gasteiger partial charge >= 0.3 is 0 Å². The van der Waals surface area contributed by atoms with Gasteiger partial charge in [0.05, 0.1) is 16.3 Å². The minimum atomic E-state index is -0.383. The molecule has 0 radical (unpaired) electrons. The summed E-state index contributed by atoms with van der Waals surface area (Å²) in [6.45, 7) is 3.89. The number of rotatable bonds is 3. The van der Waals surface area contributed by atoms with Crippen molar-refractivity contribution in [2.45, 2.75) is 19.9 Å². The molecule has 1 aromatic heterocycles. The van der Waals surface area contributed by atoms with Gasteiger partial charge in [-0.3, -0.25) is 4.79 Å². The molecule has 0 saturated heterocycles. The molecule has 6 nitrogen and oxygen atoms in total. The molecule has 1 aliphatic rings. The highest BCUT2D eigenvalue weighted by atomic mass is 35.5. The molecule has 1 aliphatic heterocycles. The molecule has 0 aliphatic carbocycles. The quantitative estimate of drug-likeness (QED) is 0.716. The zero-order chi connectivity index (χ0) is 19.0. The number of allylic oxidation sites excluding steroid dienone is 1. The number of nitrogens with one attached hydrogen (secondary N) is 2. The van der Waals surface area contributed by atoms with E-state index in [4.69, 9.17) is 11.6 Å². The number of amides is 1. The molecule has 0 fully saturated rings. The molecule has 4 rings (SSSR count). The normalized spacial score (nSPS) is 15.9. The number of anilines is 2. The summed E-state index contributed by atoms with van der Waals surface area (Å²) >= 11 is 6.20. The second-order valence-corrected chi connectivity index (χ2v) is 6.85. The average Bonchev–Trinajstić information content (AvgIpc) is 3.11. The first-order chi connectivity index (χ1) is 13.0. The number of benzene rings is 2. The fourth-order valence-electron chi connectivity index (χ4n) is 3.19. The predicted octanol–water partition coefficient (Wildman–Crippen LogP) is 4.17. The van der Waals surface area contributed by atoms with Crippen molar-refractivity contribution >= 4 is 29.1 Å². The summed E-state index contributed by atoms with van der Waals surface area (Å²) in [5, 5.41) is 10.9. The van der Waals surface area contributed by atoms with Crippen molar-refractivity contribution in [3.05, 3.63) is 82.3 Å². The largest absolute Gasteiger partial charge is 0.328 e. The predicted molar refractivity (Wildman–Crippen MR) is 106 cm³/mol. The number of nitrogens with zero attached hydrogens (tertiary/aromatic N) is 3. The fraction of sp³-hybridized carbons (Fsp3) is 0.150. The number of hydrogen-bond donors (Lipinski definition) is 2. The lowest BCUT2D eigenvalue weighted by Crippen LogP contribution is -2.31. The van der Waals surface area contributed by atoms with Gasteiger partial charge in [0.2, 0.25) is 5.95 Å². The van der Waals surface area contributed by atoms with E-state index < -0.39 is 0 Å². The third-order valence-electron chi connectivity index (χ3n) is 4.55. The Morgan fingerprint density at radius 2 is 1.89 bits per heavy atom. The third kappa shape index (κ3) is 3.19. The lowest BCUT2D eigenvalue weighted by Gasteiger charge is -2.29. The lowest BCUT2D eigenvalue weighted by atomic mass is 9.94. The molecule has 7 heteroatoms. The Labute approximate surface area is 161 Å². The Bertz CT molecular complexity index is 1040. The van der Waals surface area contributed by atoms with Crippen molar-refractivity contribution in [1.29, 1.82) is 0 Å². The highest BCUT2D eigenvalue weighted by Crippen LogP contribution is 2.35. The van der Waals surface area contributed by atoms with Crippen LogP contribution in [0.15, 0.2) is 66.1 Å². The van der Waals surface area contributed by atoms with Crippen LogP contribution < -0.4 is 10.6 Å². The van der Waals surface area contributed by atoms with E-state index in [-0.39, 0.29) is 11.9 Å². The van der Waals surface area contributed by atoms with Crippen molar-refractivity contribution in [3.8, 4) is 0 Å². The van der Waals surface area contributed by atoms with Gasteiger partial charge in [-0.1, -0.05) is 53.6 Å². The Morgan fingerprint density at radius 3 is 2.63 bits per heavy atom. The van der Waals surface area contributed by atoms with Crippen molar-refractivity contribution < 1.29 is 4.79 Å². The van der Waals surface area contributed by atoms with Crippen LogP contribution in [0, 0.1) is 6.92 Å². The fourth-order valence-corrected chi connectivity index (χ4v) is 3.38. The Hall–Kier alpha value is -3.12. The van der Waals surface area contributed by atoms with E-state index in [0.29, 0.717) is 22.2 Å². The van der Waals surface area contributed by atoms with Crippen LogP contribution in [0.1, 0.15) is 24.1 Å². The van der Waals surface area contributed by atoms with Crippen LogP contribution in [0.5, 0.6) is 0 Å². The van der Waals surface area contributed by atoms with Gasteiger partial charge in [-0.25, -0.2) is 4.68 Å². The second kappa shape index (κ2) is 6.89. The first-order valence-electron chi connectivity index (χ1n) is 8.54. The molecule has 0 bridgehead atoms. The van der Waals surface area contributed by atoms with Crippen molar-refractivity contribution in [2.75, 3.05) is 10.6 Å². The molecule has 0 saturated carbocycles. The number of hydrogen-bond acceptors (Lipinski definition) is 4. The monoisotopic (exact) mass is 379 g/mol. The van der Waals surface area contributed by atoms with Crippen LogP contribution >= 0.6 is 11.6 Å². The highest BCUT2D eigenvalue weighted by molar-refractivity contribution is 6.33. The molecule has 2 N–H and O–H groups in total. The average molecular weight is 380 g/mol. The SMILES string of the molecule is CC1=C(C(=O)Nc2ccccc2Cl)[C@H](c2ccc(C)cc2)n2ncnc2N1. The molecular weight excluding hydrogens is 362 g/mol. The van der Waals surface area contributed by atoms with Gasteiger partial charge in [-0.2, -0.15) is 10.1 Å². The molecule has 3 aromatic rings. The van der Waals surface area contributed by atoms with Gasteiger partial charge in [-0.05, 0) is 31.5 Å². The van der Waals surface area contributed by atoms with Crippen LogP contribution in [-0.4, -0.2) is 20.7 Å². The van der Waals surface area contributed by atoms with Crippen LogP contribution in [0.2, 0.25) is 5.02 Å². The van der Waals surface area contributed by atoms with Gasteiger partial charge in [0.15, 0.2) is 0 Å². The summed E-state index contributed by atoms with van der Waals surface area (Å²) in [4.78, 5) is 17.4. The molecule has 27 heavy (non-hydrogen) atoms. The van der Waals surface area contributed by atoms with Gasteiger partial charge in [0, 0.05) is 5.70 Å². The molecule has 0 spiro atoms. The van der Waals surface area contributed by atoms with Crippen molar-refractivity contribution in [3.63, 3.8) is 0 Å². The first-order valence-corrected chi connectivity index (χ1v) is 8.92. The second-order valence-electron chi connectivity index (χ2n) is 6.44. The summed E-state index contributed by atoms with van der Waals surface area (Å²) in [5.74, 6) is 0.368. The standard InChI is InChI=1S/C20H18ClN5O/c1-12-7-9-14(10-8-12)18-17(13(2)24-20-22-11-23-26(18)20)19(27)25-16-6-4-3-5-15(16)21/h3-11,18H,1-2H3,(H,25,27)(H,22,23,24)/t18-/m0/s1. The Balaban J connectivity index is 1.77. The minimum absolute atomic E-state index is 0.236. The Morgan fingerprint density at radius 1 is 1.15 bits per heavy atom. The molecule has 136 valence electrons. The van der Waals surface area contributed by atoms with Crippen molar-refractivity contribution in [2.24, 2.45) is 0 Å². The van der Waals surface area contributed by atoms with E-state index in [1.165, 1.54) is 6.33 Å². The first kappa shape index (κ1) is 17.3. The van der Waals surface area contributed by atoms with Gasteiger partial charge in [0.25, 0.3) is 5.91 Å². The Kier molecular flexibility index (Phi) is 4.41. The maximum Gasteiger partial charge on any atom is 0.255 e. The maximum absolute atomic E-state index is 13.2. The van der Waals surface area contributed by atoms with E-state index in [9.17, 15) is 4.79 Å². The number of aryl methyl sites for hydroxylation is 1. The molecule has 1 atom stereocenters. The number of para-hydroxylation sites is 1. The number of fused-ring (bicyclic) bond motifs is 1. The van der Waals surface area contributed by atoms with Gasteiger partial charge < -0.3 is 10.6 Å².